The van der Waals surface area contributed by atoms with Gasteiger partial charge in [-0.1, -0.05) is 34.4 Å². The smallest absolute Gasteiger partial charge is 0.268 e. The summed E-state index contributed by atoms with van der Waals surface area (Å²) in [4.78, 5) is 28.3. The maximum atomic E-state index is 12.4. The van der Waals surface area contributed by atoms with E-state index in [1.165, 1.54) is 0 Å². The van der Waals surface area contributed by atoms with Gasteiger partial charge in [-0.25, -0.2) is 0 Å². The van der Waals surface area contributed by atoms with Crippen LogP contribution in [0.3, 0.4) is 0 Å². The highest BCUT2D eigenvalue weighted by Gasteiger charge is 2.29. The molecule has 0 saturated carbocycles. The van der Waals surface area contributed by atoms with Gasteiger partial charge in [-0.3, -0.25) is 9.59 Å². The van der Waals surface area contributed by atoms with Crippen LogP contribution in [0.1, 0.15) is 12.0 Å². The van der Waals surface area contributed by atoms with Crippen LogP contribution in [0.15, 0.2) is 47.6 Å². The Hall–Kier alpha value is -2.77. The van der Waals surface area contributed by atoms with Crippen LogP contribution < -0.4 is 15.8 Å². The SMILES string of the molecule is NC(=O)COc1ccc(NC(=O)[C@H]2CC(c3ccc(Cl)cc3Cl)=NO2)cc1. The van der Waals surface area contributed by atoms with Crippen molar-refractivity contribution in [3.8, 4) is 5.75 Å². The number of carbonyl (C=O) groups excluding carboxylic acids is 2. The van der Waals surface area contributed by atoms with E-state index in [-0.39, 0.29) is 18.9 Å². The van der Waals surface area contributed by atoms with Crippen LogP contribution in [0.2, 0.25) is 10.0 Å². The highest BCUT2D eigenvalue weighted by Crippen LogP contribution is 2.26. The Bertz CT molecular complexity index is 900. The molecule has 2 aromatic carbocycles. The first-order valence-corrected chi connectivity index (χ1v) is 8.68. The number of hydrogen-bond acceptors (Lipinski definition) is 5. The molecule has 0 radical (unpaired) electrons. The second kappa shape index (κ2) is 8.28. The van der Waals surface area contributed by atoms with Crippen LogP contribution in [-0.2, 0) is 14.4 Å². The van der Waals surface area contributed by atoms with Gasteiger partial charge in [0.05, 0.1) is 10.7 Å². The van der Waals surface area contributed by atoms with E-state index in [1.54, 1.807) is 42.5 Å². The molecule has 3 rings (SSSR count). The summed E-state index contributed by atoms with van der Waals surface area (Å²) in [6, 6.07) is 11.5. The first-order chi connectivity index (χ1) is 12.9. The number of rotatable bonds is 6. The highest BCUT2D eigenvalue weighted by atomic mass is 35.5. The topological polar surface area (TPSA) is 103 Å². The van der Waals surface area contributed by atoms with Gasteiger partial charge in [0.15, 0.2) is 6.61 Å². The molecule has 140 valence electrons. The summed E-state index contributed by atoms with van der Waals surface area (Å²) < 4.78 is 5.16. The second-order valence-electron chi connectivity index (χ2n) is 5.73. The number of benzene rings is 2. The molecule has 0 aliphatic carbocycles. The Labute approximate surface area is 165 Å². The van der Waals surface area contributed by atoms with Crippen molar-refractivity contribution in [1.82, 2.24) is 0 Å². The molecule has 0 saturated heterocycles. The van der Waals surface area contributed by atoms with E-state index in [4.69, 9.17) is 38.5 Å². The normalized spacial score (nSPS) is 15.6. The molecule has 1 aliphatic heterocycles. The van der Waals surface area contributed by atoms with E-state index in [2.05, 4.69) is 10.5 Å². The van der Waals surface area contributed by atoms with Gasteiger partial charge in [0, 0.05) is 22.7 Å². The molecular weight excluding hydrogens is 393 g/mol. The molecule has 0 fully saturated rings. The largest absolute Gasteiger partial charge is 0.484 e. The van der Waals surface area contributed by atoms with Crippen molar-refractivity contribution >= 4 is 46.4 Å². The van der Waals surface area contributed by atoms with Gasteiger partial charge in [-0.05, 0) is 36.4 Å². The Morgan fingerprint density at radius 3 is 2.63 bits per heavy atom. The predicted octanol–water partition coefficient (Wildman–Crippen LogP) is 2.99. The fourth-order valence-corrected chi connectivity index (χ4v) is 2.93. The van der Waals surface area contributed by atoms with Crippen LogP contribution in [0.4, 0.5) is 5.69 Å². The van der Waals surface area contributed by atoms with Crippen molar-refractivity contribution in [3.63, 3.8) is 0 Å². The highest BCUT2D eigenvalue weighted by molar-refractivity contribution is 6.37. The number of carbonyl (C=O) groups is 2. The lowest BCUT2D eigenvalue weighted by Crippen LogP contribution is -2.28. The molecule has 0 spiro atoms. The van der Waals surface area contributed by atoms with Crippen LogP contribution in [0.5, 0.6) is 5.75 Å². The number of primary amides is 1. The van der Waals surface area contributed by atoms with Crippen molar-refractivity contribution in [2.24, 2.45) is 10.9 Å². The fourth-order valence-electron chi connectivity index (χ4n) is 2.41. The molecule has 2 aromatic rings. The third kappa shape index (κ3) is 4.90. The van der Waals surface area contributed by atoms with Gasteiger partial charge in [0.1, 0.15) is 5.75 Å². The van der Waals surface area contributed by atoms with Crippen molar-refractivity contribution in [2.45, 2.75) is 12.5 Å². The molecule has 0 unspecified atom stereocenters. The minimum Gasteiger partial charge on any atom is -0.484 e. The quantitative estimate of drug-likeness (QED) is 0.767. The summed E-state index contributed by atoms with van der Waals surface area (Å²) in [6.07, 6.45) is -0.481. The molecule has 0 bridgehead atoms. The third-order valence-electron chi connectivity index (χ3n) is 3.71. The number of halogens is 2. The number of oxime groups is 1. The van der Waals surface area contributed by atoms with Gasteiger partial charge in [-0.15, -0.1) is 0 Å². The average Bonchev–Trinajstić information content (AvgIpc) is 3.11. The van der Waals surface area contributed by atoms with Crippen LogP contribution >= 0.6 is 23.2 Å². The molecule has 7 nitrogen and oxygen atoms in total. The Morgan fingerprint density at radius 2 is 1.96 bits per heavy atom. The minimum absolute atomic E-state index is 0.213. The monoisotopic (exact) mass is 407 g/mol. The van der Waals surface area contributed by atoms with Gasteiger partial charge >= 0.3 is 0 Å². The van der Waals surface area contributed by atoms with E-state index >= 15 is 0 Å². The molecule has 1 heterocycles. The lowest BCUT2D eigenvalue weighted by Gasteiger charge is -2.10. The van der Waals surface area contributed by atoms with Gasteiger partial charge in [0.25, 0.3) is 11.8 Å². The number of ether oxygens (including phenoxy) is 1. The first-order valence-electron chi connectivity index (χ1n) is 7.92. The number of nitrogens with two attached hydrogens (primary N) is 1. The molecule has 1 atom stereocenters. The minimum atomic E-state index is -0.766. The van der Waals surface area contributed by atoms with E-state index < -0.39 is 12.0 Å². The molecule has 3 N–H and O–H groups in total. The summed E-state index contributed by atoms with van der Waals surface area (Å²) in [5.41, 5.74) is 6.81. The molecular formula is C18H15Cl2N3O4. The van der Waals surface area contributed by atoms with Crippen LogP contribution in [0, 0.1) is 0 Å². The Kier molecular flexibility index (Phi) is 5.83. The summed E-state index contributed by atoms with van der Waals surface area (Å²) in [7, 11) is 0. The second-order valence-corrected chi connectivity index (χ2v) is 6.57. The van der Waals surface area contributed by atoms with Crippen molar-refractivity contribution in [2.75, 3.05) is 11.9 Å². The number of nitrogens with zero attached hydrogens (tertiary/aromatic N) is 1. The summed E-state index contributed by atoms with van der Waals surface area (Å²) in [5, 5.41) is 7.65. The maximum absolute atomic E-state index is 12.4. The molecule has 27 heavy (non-hydrogen) atoms. The first kappa shape index (κ1) is 19.0. The summed E-state index contributed by atoms with van der Waals surface area (Å²) in [5.74, 6) is -0.445. The molecule has 9 heteroatoms. The zero-order chi connectivity index (χ0) is 19.4. The van der Waals surface area contributed by atoms with Gasteiger partial charge in [0.2, 0.25) is 6.10 Å². The number of anilines is 1. The zero-order valence-electron chi connectivity index (χ0n) is 13.9. The average molecular weight is 408 g/mol. The number of nitrogens with one attached hydrogen (secondary N) is 1. The molecule has 1 aliphatic rings. The van der Waals surface area contributed by atoms with E-state index in [1.807, 2.05) is 0 Å². The molecule has 0 aromatic heterocycles. The fraction of sp³-hybridized carbons (Fsp3) is 0.167. The molecule has 2 amide bonds. The lowest BCUT2D eigenvalue weighted by molar-refractivity contribution is -0.125. The van der Waals surface area contributed by atoms with E-state index in [0.29, 0.717) is 32.8 Å². The van der Waals surface area contributed by atoms with Crippen molar-refractivity contribution < 1.29 is 19.2 Å². The Balaban J connectivity index is 1.57. The lowest BCUT2D eigenvalue weighted by atomic mass is 10.0. The van der Waals surface area contributed by atoms with Gasteiger partial charge < -0.3 is 20.6 Å². The van der Waals surface area contributed by atoms with Crippen LogP contribution in [0.25, 0.3) is 0 Å². The van der Waals surface area contributed by atoms with E-state index in [0.717, 1.165) is 0 Å². The Morgan fingerprint density at radius 1 is 1.22 bits per heavy atom. The summed E-state index contributed by atoms with van der Waals surface area (Å²) >= 11 is 12.1. The summed E-state index contributed by atoms with van der Waals surface area (Å²) in [6.45, 7) is -0.213. The third-order valence-corrected chi connectivity index (χ3v) is 4.25. The van der Waals surface area contributed by atoms with Crippen molar-refractivity contribution in [3.05, 3.63) is 58.1 Å². The standard InChI is InChI=1S/C18H15Cl2N3O4/c19-10-1-6-13(14(20)7-10)15-8-16(27-23-15)18(25)22-11-2-4-12(5-3-11)26-9-17(21)24/h1-7,16H,8-9H2,(H2,21,24)(H,22,25)/t16-/m1/s1. The number of amides is 2. The number of hydrogen-bond donors (Lipinski definition) is 2. The van der Waals surface area contributed by atoms with Crippen molar-refractivity contribution in [1.29, 1.82) is 0 Å². The van der Waals surface area contributed by atoms with E-state index in [9.17, 15) is 9.59 Å². The van der Waals surface area contributed by atoms with Gasteiger partial charge in [-0.2, -0.15) is 0 Å². The predicted molar refractivity (Wildman–Crippen MR) is 102 cm³/mol. The zero-order valence-corrected chi connectivity index (χ0v) is 15.5. The van der Waals surface area contributed by atoms with Crippen LogP contribution in [-0.4, -0.2) is 30.2 Å². The maximum Gasteiger partial charge on any atom is 0.268 e.